The van der Waals surface area contributed by atoms with E-state index in [0.717, 1.165) is 83.5 Å². The number of nitrogens with zero attached hydrogens (tertiary/aromatic N) is 1. The summed E-state index contributed by atoms with van der Waals surface area (Å²) in [4.78, 5) is 37.3. The van der Waals surface area contributed by atoms with Crippen molar-refractivity contribution in [3.05, 3.63) is 72.9 Å². The Morgan fingerprint density at radius 2 is 0.806 bits per heavy atom. The van der Waals surface area contributed by atoms with Gasteiger partial charge in [0.1, 0.15) is 13.2 Å². The number of carboxylic acids is 1. The average Bonchev–Trinajstić information content (AvgIpc) is 3.29. The number of esters is 2. The molecule has 1 N–H and O–H groups in total. The summed E-state index contributed by atoms with van der Waals surface area (Å²) in [5.74, 6) is -2.04. The second-order valence-electron chi connectivity index (χ2n) is 19.2. The summed E-state index contributed by atoms with van der Waals surface area (Å²) >= 11 is 0. The summed E-state index contributed by atoms with van der Waals surface area (Å²) in [5, 5.41) is 9.68. The van der Waals surface area contributed by atoms with Crippen LogP contribution in [0.25, 0.3) is 0 Å². The molecule has 0 aromatic heterocycles. The van der Waals surface area contributed by atoms with Gasteiger partial charge in [0.05, 0.1) is 34.4 Å². The molecule has 0 aliphatic rings. The van der Waals surface area contributed by atoms with Gasteiger partial charge in [0.2, 0.25) is 0 Å². The largest absolute Gasteiger partial charge is 0.477 e. The number of quaternary nitrogens is 1. The van der Waals surface area contributed by atoms with Crippen LogP contribution in [0.1, 0.15) is 219 Å². The van der Waals surface area contributed by atoms with E-state index in [1.807, 2.05) is 21.1 Å². The van der Waals surface area contributed by atoms with Crippen molar-refractivity contribution in [2.45, 2.75) is 232 Å². The molecule has 0 aromatic rings. The molecule has 0 amide bonds. The molecule has 0 aromatic carbocycles. The van der Waals surface area contributed by atoms with Crippen molar-refractivity contribution >= 4 is 17.9 Å². The van der Waals surface area contributed by atoms with Gasteiger partial charge in [0.15, 0.2) is 6.10 Å². The summed E-state index contributed by atoms with van der Waals surface area (Å²) in [6, 6.07) is 0. The number of likely N-dealkylation sites (N-methyl/N-ethyl adjacent to an activating group) is 1. The zero-order chi connectivity index (χ0) is 49.2. The van der Waals surface area contributed by atoms with E-state index in [0.29, 0.717) is 17.4 Å². The number of rotatable bonds is 49. The molecule has 0 heterocycles. The maximum atomic E-state index is 12.8. The molecule has 0 radical (unpaired) electrons. The second kappa shape index (κ2) is 49.2. The van der Waals surface area contributed by atoms with Crippen LogP contribution in [0.2, 0.25) is 0 Å². The van der Waals surface area contributed by atoms with Gasteiger partial charge in [-0.3, -0.25) is 9.59 Å². The number of unbranched alkanes of at least 4 members (excludes halogenated alkanes) is 22. The Morgan fingerprint density at radius 1 is 0.448 bits per heavy atom. The molecule has 0 bridgehead atoms. The van der Waals surface area contributed by atoms with E-state index in [-0.39, 0.29) is 38.6 Å². The van der Waals surface area contributed by atoms with Crippen molar-refractivity contribution in [2.75, 3.05) is 47.5 Å². The van der Waals surface area contributed by atoms with Gasteiger partial charge in [0, 0.05) is 12.8 Å². The molecule has 0 saturated heterocycles. The minimum atomic E-state index is -1.52. The zero-order valence-corrected chi connectivity index (χ0v) is 43.8. The fraction of sp³-hybridized carbons (Fsp3) is 0.741. The fourth-order valence-electron chi connectivity index (χ4n) is 7.20. The standard InChI is InChI=1S/C58H101NO8/c1-6-8-10-12-14-16-18-20-22-24-26-27-28-29-31-33-35-37-39-41-43-45-47-49-56(61)67-54(53-66-58(57(62)63)64-51-50-59(3,4)5)52-65-55(60)48-46-44-42-40-38-36-34-32-30-25-23-21-19-17-15-13-11-9-7-2/h15,17-18,20-21,23-24,26,28-30,32,54,58H,6-14,16,19,22,25,27,31,33-53H2,1-5H3/p+1/b17-15-,20-18-,23-21-,26-24-,29-28-,32-30-. The first-order valence-electron chi connectivity index (χ1n) is 27.1. The van der Waals surface area contributed by atoms with E-state index in [9.17, 15) is 19.5 Å². The first-order chi connectivity index (χ1) is 32.6. The molecule has 0 spiro atoms. The van der Waals surface area contributed by atoms with E-state index >= 15 is 0 Å². The number of carboxylic acid groups (broad SMARTS) is 1. The van der Waals surface area contributed by atoms with Crippen molar-refractivity contribution < 1.29 is 42.9 Å². The Morgan fingerprint density at radius 3 is 1.22 bits per heavy atom. The lowest BCUT2D eigenvalue weighted by molar-refractivity contribution is -0.870. The molecule has 2 unspecified atom stereocenters. The summed E-state index contributed by atoms with van der Waals surface area (Å²) < 4.78 is 22.8. The van der Waals surface area contributed by atoms with E-state index in [2.05, 4.69) is 86.8 Å². The van der Waals surface area contributed by atoms with Gasteiger partial charge in [-0.2, -0.15) is 0 Å². The van der Waals surface area contributed by atoms with Crippen molar-refractivity contribution in [1.29, 1.82) is 0 Å². The predicted molar refractivity (Wildman–Crippen MR) is 281 cm³/mol. The van der Waals surface area contributed by atoms with Crippen LogP contribution in [-0.4, -0.2) is 87.4 Å². The highest BCUT2D eigenvalue weighted by Gasteiger charge is 2.25. The van der Waals surface area contributed by atoms with Gasteiger partial charge in [0.25, 0.3) is 6.29 Å². The van der Waals surface area contributed by atoms with E-state index in [1.54, 1.807) is 0 Å². The highest BCUT2D eigenvalue weighted by atomic mass is 16.7. The first-order valence-corrected chi connectivity index (χ1v) is 27.1. The highest BCUT2D eigenvalue weighted by Crippen LogP contribution is 2.14. The third kappa shape index (κ3) is 50.4. The maximum absolute atomic E-state index is 12.8. The lowest BCUT2D eigenvalue weighted by atomic mass is 10.1. The van der Waals surface area contributed by atoms with E-state index in [4.69, 9.17) is 18.9 Å². The number of hydrogen-bond donors (Lipinski definition) is 1. The lowest BCUT2D eigenvalue weighted by Gasteiger charge is -2.25. The van der Waals surface area contributed by atoms with Crippen LogP contribution in [0, 0.1) is 0 Å². The quantitative estimate of drug-likeness (QED) is 0.0211. The smallest absolute Gasteiger partial charge is 0.361 e. The van der Waals surface area contributed by atoms with Gasteiger partial charge in [-0.1, -0.05) is 189 Å². The Labute approximate surface area is 411 Å². The van der Waals surface area contributed by atoms with E-state index < -0.39 is 24.3 Å². The Balaban J connectivity index is 4.36. The number of allylic oxidation sites excluding steroid dienone is 12. The Hall–Kier alpha value is -3.27. The number of hydrogen-bond acceptors (Lipinski definition) is 7. The van der Waals surface area contributed by atoms with Gasteiger partial charge in [-0.05, 0) is 89.9 Å². The Bertz CT molecular complexity index is 1330. The van der Waals surface area contributed by atoms with Crippen molar-refractivity contribution in [3.8, 4) is 0 Å². The minimum Gasteiger partial charge on any atom is -0.477 e. The molecule has 9 nitrogen and oxygen atoms in total. The van der Waals surface area contributed by atoms with Crippen molar-refractivity contribution in [2.24, 2.45) is 0 Å². The topological polar surface area (TPSA) is 108 Å². The zero-order valence-electron chi connectivity index (χ0n) is 43.8. The molecule has 386 valence electrons. The summed E-state index contributed by atoms with van der Waals surface area (Å²) in [6.45, 7) is 4.81. The normalized spacial score (nSPS) is 13.4. The molecule has 9 heteroatoms. The highest BCUT2D eigenvalue weighted by molar-refractivity contribution is 5.71. The third-order valence-corrected chi connectivity index (χ3v) is 11.4. The molecular weight excluding hydrogens is 839 g/mol. The van der Waals surface area contributed by atoms with Crippen molar-refractivity contribution in [3.63, 3.8) is 0 Å². The summed E-state index contributed by atoms with van der Waals surface area (Å²) in [7, 11) is 5.95. The third-order valence-electron chi connectivity index (χ3n) is 11.4. The van der Waals surface area contributed by atoms with Gasteiger partial charge in [-0.15, -0.1) is 0 Å². The van der Waals surface area contributed by atoms with Crippen molar-refractivity contribution in [1.82, 2.24) is 0 Å². The van der Waals surface area contributed by atoms with Crippen LogP contribution < -0.4 is 0 Å². The van der Waals surface area contributed by atoms with Gasteiger partial charge < -0.3 is 28.5 Å². The molecule has 0 fully saturated rings. The monoisotopic (exact) mass is 941 g/mol. The molecule has 0 aliphatic heterocycles. The minimum absolute atomic E-state index is 0.180. The average molecular weight is 941 g/mol. The fourth-order valence-corrected chi connectivity index (χ4v) is 7.20. The number of carbonyl (C=O) groups is 3. The maximum Gasteiger partial charge on any atom is 0.361 e. The predicted octanol–water partition coefficient (Wildman–Crippen LogP) is 15.5. The molecule has 0 aliphatic carbocycles. The van der Waals surface area contributed by atoms with Crippen LogP contribution in [0.15, 0.2) is 72.9 Å². The van der Waals surface area contributed by atoms with Crippen LogP contribution in [-0.2, 0) is 33.3 Å². The number of aliphatic carboxylic acids is 1. The number of carbonyl (C=O) groups excluding carboxylic acids is 2. The molecule has 67 heavy (non-hydrogen) atoms. The number of ether oxygens (including phenoxy) is 4. The molecular formula is C58H102NO8+. The lowest BCUT2D eigenvalue weighted by Crippen LogP contribution is -2.40. The van der Waals surface area contributed by atoms with Crippen LogP contribution >= 0.6 is 0 Å². The van der Waals surface area contributed by atoms with Crippen LogP contribution in [0.4, 0.5) is 0 Å². The van der Waals surface area contributed by atoms with Crippen LogP contribution in [0.5, 0.6) is 0 Å². The molecule has 0 saturated carbocycles. The van der Waals surface area contributed by atoms with E-state index in [1.165, 1.54) is 103 Å². The summed E-state index contributed by atoms with van der Waals surface area (Å²) in [5.41, 5.74) is 0. The van der Waals surface area contributed by atoms with Crippen LogP contribution in [0.3, 0.4) is 0 Å². The Kier molecular flexibility index (Phi) is 46.8. The second-order valence-corrected chi connectivity index (χ2v) is 19.2. The summed E-state index contributed by atoms with van der Waals surface area (Å²) in [6.07, 6.45) is 59.6. The first kappa shape index (κ1) is 63.7. The molecule has 2 atom stereocenters. The molecule has 0 rings (SSSR count). The SMILES string of the molecule is CCCCC/C=C\C/C=C\C/C=C\CCCCCCCCC(=O)OCC(COC(OCC[N+](C)(C)C)C(=O)O)OC(=O)CCCCCCCCCC/C=C\C/C=C\C/C=C\CCCCCCC. The van der Waals surface area contributed by atoms with Gasteiger partial charge >= 0.3 is 17.9 Å². The van der Waals surface area contributed by atoms with Gasteiger partial charge in [-0.25, -0.2) is 4.79 Å².